The number of allylic oxidation sites excluding steroid dienone is 6. The van der Waals surface area contributed by atoms with Crippen molar-refractivity contribution in [2.75, 3.05) is 41.0 Å². The van der Waals surface area contributed by atoms with Crippen molar-refractivity contribution in [1.29, 1.82) is 0 Å². The molecule has 0 rings (SSSR count). The van der Waals surface area contributed by atoms with Gasteiger partial charge in [-0.1, -0.05) is 192 Å². The lowest BCUT2D eigenvalue weighted by Gasteiger charge is -2.31. The number of nitrogens with zero attached hydrogens (tertiary/aromatic N) is 1. The maximum absolute atomic E-state index is 12.7. The number of unbranched alkanes of at least 4 members (excludes halogenated alkanes) is 24. The molecule has 0 aliphatic heterocycles. The van der Waals surface area contributed by atoms with Gasteiger partial charge in [0.05, 0.1) is 34.4 Å². The Balaban J connectivity index is 4.19. The number of carbonyl (C=O) groups excluding carboxylic acids is 2. The summed E-state index contributed by atoms with van der Waals surface area (Å²) in [6, 6.07) is -0.619. The fourth-order valence-electron chi connectivity index (χ4n) is 7.28. The molecular formula is C51H94NO7+. The average Bonchev–Trinajstić information content (AvgIpc) is 3.19. The van der Waals surface area contributed by atoms with Gasteiger partial charge in [0.2, 0.25) is 0 Å². The topological polar surface area (TPSA) is 99.1 Å². The van der Waals surface area contributed by atoms with Crippen LogP contribution in [0.15, 0.2) is 36.5 Å². The summed E-state index contributed by atoms with van der Waals surface area (Å²) in [5.74, 6) is -1.50. The van der Waals surface area contributed by atoms with E-state index in [2.05, 4.69) is 50.3 Å². The number of aliphatic carboxylic acids is 1. The molecule has 0 aliphatic rings. The summed E-state index contributed by atoms with van der Waals surface area (Å²) in [6.07, 6.45) is 49.2. The zero-order valence-corrected chi connectivity index (χ0v) is 39.2. The molecule has 0 aromatic heterocycles. The highest BCUT2D eigenvalue weighted by atomic mass is 16.6. The van der Waals surface area contributed by atoms with Gasteiger partial charge in [0, 0.05) is 19.3 Å². The lowest BCUT2D eigenvalue weighted by Crippen LogP contribution is -2.50. The van der Waals surface area contributed by atoms with E-state index in [1.165, 1.54) is 122 Å². The molecule has 0 aliphatic carbocycles. The summed E-state index contributed by atoms with van der Waals surface area (Å²) < 4.78 is 17.3. The number of ether oxygens (including phenoxy) is 3. The fourth-order valence-corrected chi connectivity index (χ4v) is 7.28. The maximum Gasteiger partial charge on any atom is 0.362 e. The quantitative estimate of drug-likeness (QED) is 0.0282. The molecule has 8 heteroatoms. The van der Waals surface area contributed by atoms with Crippen LogP contribution in [0.2, 0.25) is 0 Å². The van der Waals surface area contributed by atoms with Gasteiger partial charge < -0.3 is 23.8 Å². The number of carboxylic acid groups (broad SMARTS) is 1. The van der Waals surface area contributed by atoms with Crippen molar-refractivity contribution in [3.63, 3.8) is 0 Å². The molecule has 0 spiro atoms. The van der Waals surface area contributed by atoms with Gasteiger partial charge >= 0.3 is 17.9 Å². The Morgan fingerprint density at radius 1 is 0.525 bits per heavy atom. The Hall–Kier alpha value is -2.45. The number of quaternary nitrogens is 1. The van der Waals surface area contributed by atoms with E-state index < -0.39 is 18.1 Å². The minimum atomic E-state index is -0.879. The molecule has 59 heavy (non-hydrogen) atoms. The first kappa shape index (κ1) is 56.5. The molecule has 0 fully saturated rings. The fraction of sp³-hybridized carbons (Fsp3) is 0.824. The summed E-state index contributed by atoms with van der Waals surface area (Å²) in [5, 5.41) is 9.63. The van der Waals surface area contributed by atoms with Crippen molar-refractivity contribution < 1.29 is 38.2 Å². The van der Waals surface area contributed by atoms with Crippen LogP contribution < -0.4 is 0 Å². The van der Waals surface area contributed by atoms with Gasteiger partial charge in [-0.05, 0) is 44.9 Å². The van der Waals surface area contributed by atoms with Gasteiger partial charge in [0.25, 0.3) is 0 Å². The highest BCUT2D eigenvalue weighted by molar-refractivity contribution is 5.72. The number of hydrogen-bond donors (Lipinski definition) is 1. The second kappa shape index (κ2) is 42.2. The van der Waals surface area contributed by atoms with Gasteiger partial charge in [-0.25, -0.2) is 4.79 Å². The van der Waals surface area contributed by atoms with Crippen LogP contribution in [-0.4, -0.2) is 80.6 Å². The molecule has 344 valence electrons. The van der Waals surface area contributed by atoms with Crippen LogP contribution in [0.1, 0.15) is 219 Å². The van der Waals surface area contributed by atoms with Gasteiger partial charge in [-0.3, -0.25) is 9.59 Å². The molecule has 0 amide bonds. The highest BCUT2D eigenvalue weighted by Crippen LogP contribution is 2.16. The van der Waals surface area contributed by atoms with Crippen molar-refractivity contribution in [1.82, 2.24) is 0 Å². The first-order valence-electron chi connectivity index (χ1n) is 24.5. The highest BCUT2D eigenvalue weighted by Gasteiger charge is 2.31. The zero-order chi connectivity index (χ0) is 43.5. The van der Waals surface area contributed by atoms with E-state index in [9.17, 15) is 19.5 Å². The minimum absolute atomic E-state index is 0.0516. The Bertz CT molecular complexity index is 1060. The van der Waals surface area contributed by atoms with Gasteiger partial charge in [0.15, 0.2) is 12.1 Å². The summed E-state index contributed by atoms with van der Waals surface area (Å²) >= 11 is 0. The van der Waals surface area contributed by atoms with Crippen LogP contribution in [0.3, 0.4) is 0 Å². The number of rotatable bonds is 44. The molecule has 1 N–H and O–H groups in total. The Labute approximate surface area is 364 Å². The normalized spacial score (nSPS) is 13.2. The molecule has 0 aromatic rings. The van der Waals surface area contributed by atoms with Crippen molar-refractivity contribution in [3.8, 4) is 0 Å². The second-order valence-electron chi connectivity index (χ2n) is 17.7. The van der Waals surface area contributed by atoms with E-state index in [0.717, 1.165) is 64.2 Å². The maximum atomic E-state index is 12.7. The van der Waals surface area contributed by atoms with E-state index in [1.807, 2.05) is 21.1 Å². The standard InChI is InChI=1S/C51H93NO7/c1-6-8-10-12-14-16-18-20-21-22-23-24-25-26-27-28-30-31-33-35-37-39-41-49(53)58-46-47(45-57-44-43-48(51(55)56)52(3,4)5)59-50(54)42-40-38-36-34-32-29-19-17-15-13-11-9-7-2/h9,11,15,17,29,32,47-48H,6-8,10,12-14,16,18-28,30-31,33-46H2,1-5H3/p+1/b11-9-,17-15-,32-29-. The predicted molar refractivity (Wildman–Crippen MR) is 248 cm³/mol. The SMILES string of the molecule is CC/C=C\C/C=C\C/C=C\CCCCCC(=O)OC(COCCC(C(=O)O)[N+](C)(C)C)COC(=O)CCCCCCCCCCCCCCCCCCCCCCCC. The minimum Gasteiger partial charge on any atom is -0.477 e. The first-order chi connectivity index (χ1) is 28.6. The van der Waals surface area contributed by atoms with Crippen molar-refractivity contribution in [2.24, 2.45) is 0 Å². The first-order valence-corrected chi connectivity index (χ1v) is 24.5. The van der Waals surface area contributed by atoms with Crippen LogP contribution in [0, 0.1) is 0 Å². The summed E-state index contributed by atoms with van der Waals surface area (Å²) in [7, 11) is 5.52. The molecule has 2 atom stereocenters. The molecule has 2 unspecified atom stereocenters. The van der Waals surface area contributed by atoms with Crippen molar-refractivity contribution in [3.05, 3.63) is 36.5 Å². The molecular weight excluding hydrogens is 739 g/mol. The summed E-state index contributed by atoms with van der Waals surface area (Å²) in [5.41, 5.74) is 0. The average molecular weight is 833 g/mol. The van der Waals surface area contributed by atoms with E-state index in [0.29, 0.717) is 19.3 Å². The number of hydrogen-bond acceptors (Lipinski definition) is 6. The molecule has 0 saturated heterocycles. The molecule has 0 heterocycles. The van der Waals surface area contributed by atoms with Crippen LogP contribution in [0.4, 0.5) is 0 Å². The van der Waals surface area contributed by atoms with E-state index in [-0.39, 0.29) is 36.2 Å². The molecule has 8 nitrogen and oxygen atoms in total. The molecule has 0 saturated carbocycles. The molecule has 0 aromatic carbocycles. The third-order valence-corrected chi connectivity index (χ3v) is 11.1. The van der Waals surface area contributed by atoms with E-state index in [1.54, 1.807) is 0 Å². The van der Waals surface area contributed by atoms with Crippen molar-refractivity contribution >= 4 is 17.9 Å². The number of likely N-dealkylation sites (N-methyl/N-ethyl adjacent to an activating group) is 1. The van der Waals surface area contributed by atoms with Gasteiger partial charge in [-0.2, -0.15) is 0 Å². The van der Waals surface area contributed by atoms with Crippen LogP contribution >= 0.6 is 0 Å². The van der Waals surface area contributed by atoms with Gasteiger partial charge in [0.1, 0.15) is 6.61 Å². The number of carbonyl (C=O) groups is 3. The summed E-state index contributed by atoms with van der Waals surface area (Å²) in [4.78, 5) is 37.0. The Kier molecular flexibility index (Phi) is 40.5. The smallest absolute Gasteiger partial charge is 0.362 e. The summed E-state index contributed by atoms with van der Waals surface area (Å²) in [6.45, 7) is 4.62. The van der Waals surface area contributed by atoms with Crippen molar-refractivity contribution in [2.45, 2.75) is 231 Å². The van der Waals surface area contributed by atoms with Crippen LogP contribution in [-0.2, 0) is 28.6 Å². The third kappa shape index (κ3) is 40.7. The lowest BCUT2D eigenvalue weighted by molar-refractivity contribution is -0.887. The van der Waals surface area contributed by atoms with E-state index >= 15 is 0 Å². The number of esters is 2. The van der Waals surface area contributed by atoms with Crippen LogP contribution in [0.5, 0.6) is 0 Å². The number of carboxylic acids is 1. The molecule has 0 bridgehead atoms. The third-order valence-electron chi connectivity index (χ3n) is 11.1. The van der Waals surface area contributed by atoms with Gasteiger partial charge in [-0.15, -0.1) is 0 Å². The Morgan fingerprint density at radius 2 is 0.949 bits per heavy atom. The lowest BCUT2D eigenvalue weighted by atomic mass is 10.0. The Morgan fingerprint density at radius 3 is 1.41 bits per heavy atom. The largest absolute Gasteiger partial charge is 0.477 e. The van der Waals surface area contributed by atoms with E-state index in [4.69, 9.17) is 14.2 Å². The zero-order valence-electron chi connectivity index (χ0n) is 39.2. The predicted octanol–water partition coefficient (Wildman–Crippen LogP) is 13.8. The molecule has 0 radical (unpaired) electrons. The second-order valence-corrected chi connectivity index (χ2v) is 17.7. The monoisotopic (exact) mass is 833 g/mol. The van der Waals surface area contributed by atoms with Crippen LogP contribution in [0.25, 0.3) is 0 Å².